The third kappa shape index (κ3) is 3.53. The number of hydrogen-bond acceptors (Lipinski definition) is 5. The van der Waals surface area contributed by atoms with Gasteiger partial charge >= 0.3 is 0 Å². The number of nitrogens with zero attached hydrogens (tertiary/aromatic N) is 1. The number of aryl methyl sites for hydroxylation is 1. The van der Waals surface area contributed by atoms with E-state index in [0.29, 0.717) is 17.5 Å². The Kier molecular flexibility index (Phi) is 5.21. The SMILES string of the molecule is CC[C@H](CO)NS(=O)(=O)c1cc([N+](=O)[O-])cc(C)c1C. The zero-order chi connectivity index (χ0) is 15.5. The molecule has 1 aromatic rings. The molecule has 7 nitrogen and oxygen atoms in total. The van der Waals surface area contributed by atoms with Crippen molar-refractivity contribution in [3.63, 3.8) is 0 Å². The minimum absolute atomic E-state index is 0.129. The van der Waals surface area contributed by atoms with Crippen LogP contribution in [0.3, 0.4) is 0 Å². The molecule has 0 radical (unpaired) electrons. The first-order valence-electron chi connectivity index (χ1n) is 6.11. The Bertz CT molecular complexity index is 609. The first kappa shape index (κ1) is 16.5. The molecule has 1 aromatic carbocycles. The highest BCUT2D eigenvalue weighted by molar-refractivity contribution is 7.89. The lowest BCUT2D eigenvalue weighted by Gasteiger charge is -2.16. The molecular formula is C12H18N2O5S. The summed E-state index contributed by atoms with van der Waals surface area (Å²) in [5.41, 5.74) is 0.707. The summed E-state index contributed by atoms with van der Waals surface area (Å²) in [4.78, 5) is 10.1. The van der Waals surface area contributed by atoms with E-state index in [1.807, 2.05) is 0 Å². The van der Waals surface area contributed by atoms with Gasteiger partial charge in [-0.25, -0.2) is 13.1 Å². The van der Waals surface area contributed by atoms with Crippen LogP contribution < -0.4 is 4.72 Å². The van der Waals surface area contributed by atoms with Crippen LogP contribution in [0.5, 0.6) is 0 Å². The van der Waals surface area contributed by atoms with Crippen LogP contribution in [-0.2, 0) is 10.0 Å². The molecule has 0 amide bonds. The van der Waals surface area contributed by atoms with Gasteiger partial charge in [0.2, 0.25) is 10.0 Å². The summed E-state index contributed by atoms with van der Waals surface area (Å²) in [6, 6.07) is 1.76. The molecular weight excluding hydrogens is 284 g/mol. The largest absolute Gasteiger partial charge is 0.395 e. The standard InChI is InChI=1S/C12H18N2O5S/c1-4-10(7-15)13-20(18,19)12-6-11(14(16)17)5-8(2)9(12)3/h5-6,10,13,15H,4,7H2,1-3H3/t10-/m1/s1. The Morgan fingerprint density at radius 3 is 2.45 bits per heavy atom. The van der Waals surface area contributed by atoms with E-state index in [1.165, 1.54) is 6.07 Å². The molecule has 0 saturated heterocycles. The molecule has 1 atom stereocenters. The van der Waals surface area contributed by atoms with E-state index in [2.05, 4.69) is 4.72 Å². The number of benzene rings is 1. The van der Waals surface area contributed by atoms with Crippen molar-refractivity contribution in [2.45, 2.75) is 38.1 Å². The molecule has 0 saturated carbocycles. The highest BCUT2D eigenvalue weighted by Gasteiger charge is 2.24. The Labute approximate surface area is 117 Å². The van der Waals surface area contributed by atoms with Crippen LogP contribution in [0.15, 0.2) is 17.0 Å². The Morgan fingerprint density at radius 2 is 2.00 bits per heavy atom. The quantitative estimate of drug-likeness (QED) is 0.607. The topological polar surface area (TPSA) is 110 Å². The molecule has 0 heterocycles. The van der Waals surface area contributed by atoms with Gasteiger partial charge in [0, 0.05) is 18.2 Å². The molecule has 8 heteroatoms. The van der Waals surface area contributed by atoms with Crippen molar-refractivity contribution >= 4 is 15.7 Å². The number of nitro groups is 1. The second kappa shape index (κ2) is 6.29. The molecule has 0 aliphatic carbocycles. The van der Waals surface area contributed by atoms with Gasteiger partial charge in [0.05, 0.1) is 16.4 Å². The van der Waals surface area contributed by atoms with Crippen LogP contribution in [0.25, 0.3) is 0 Å². The number of sulfonamides is 1. The Balaban J connectivity index is 3.34. The normalized spacial score (nSPS) is 13.2. The molecule has 1 rings (SSSR count). The fraction of sp³-hybridized carbons (Fsp3) is 0.500. The highest BCUT2D eigenvalue weighted by Crippen LogP contribution is 2.25. The van der Waals surface area contributed by atoms with Gasteiger partial charge < -0.3 is 5.11 Å². The molecule has 0 aliphatic rings. The smallest absolute Gasteiger partial charge is 0.271 e. The number of nitrogens with one attached hydrogen (secondary N) is 1. The van der Waals surface area contributed by atoms with Crippen LogP contribution in [0.4, 0.5) is 5.69 Å². The van der Waals surface area contributed by atoms with Gasteiger partial charge in [-0.3, -0.25) is 10.1 Å². The van der Waals surface area contributed by atoms with Gasteiger partial charge in [0.15, 0.2) is 0 Å². The average molecular weight is 302 g/mol. The summed E-state index contributed by atoms with van der Waals surface area (Å²) in [5.74, 6) is 0. The molecule has 112 valence electrons. The van der Waals surface area contributed by atoms with Crippen molar-refractivity contribution in [1.82, 2.24) is 4.72 Å². The molecule has 0 aliphatic heterocycles. The number of aliphatic hydroxyl groups excluding tert-OH is 1. The maximum atomic E-state index is 12.3. The van der Waals surface area contributed by atoms with Gasteiger partial charge in [0.25, 0.3) is 5.69 Å². The lowest BCUT2D eigenvalue weighted by molar-refractivity contribution is -0.385. The van der Waals surface area contributed by atoms with E-state index < -0.39 is 21.0 Å². The summed E-state index contributed by atoms with van der Waals surface area (Å²) in [6.07, 6.45) is 0.419. The molecule has 0 aromatic heterocycles. The van der Waals surface area contributed by atoms with Crippen LogP contribution in [0.2, 0.25) is 0 Å². The monoisotopic (exact) mass is 302 g/mol. The Morgan fingerprint density at radius 1 is 1.40 bits per heavy atom. The fourth-order valence-corrected chi connectivity index (χ4v) is 3.37. The van der Waals surface area contributed by atoms with E-state index in [0.717, 1.165) is 6.07 Å². The van der Waals surface area contributed by atoms with E-state index >= 15 is 0 Å². The summed E-state index contributed by atoms with van der Waals surface area (Å²) in [7, 11) is -3.91. The van der Waals surface area contributed by atoms with Crippen LogP contribution in [0.1, 0.15) is 24.5 Å². The highest BCUT2D eigenvalue weighted by atomic mass is 32.2. The fourth-order valence-electron chi connectivity index (χ4n) is 1.73. The Hall–Kier alpha value is -1.51. The van der Waals surface area contributed by atoms with Crippen molar-refractivity contribution in [1.29, 1.82) is 0 Å². The molecule has 20 heavy (non-hydrogen) atoms. The first-order chi connectivity index (χ1) is 9.22. The maximum absolute atomic E-state index is 12.3. The lowest BCUT2D eigenvalue weighted by Crippen LogP contribution is -2.37. The number of nitro benzene ring substituents is 1. The predicted octanol–water partition coefficient (Wildman–Crippen LogP) is 1.26. The minimum Gasteiger partial charge on any atom is -0.395 e. The second-order valence-electron chi connectivity index (χ2n) is 4.55. The van der Waals surface area contributed by atoms with Crippen molar-refractivity contribution in [2.75, 3.05) is 6.61 Å². The van der Waals surface area contributed by atoms with Crippen molar-refractivity contribution in [3.8, 4) is 0 Å². The van der Waals surface area contributed by atoms with Crippen LogP contribution in [-0.4, -0.2) is 31.1 Å². The predicted molar refractivity (Wildman–Crippen MR) is 74.1 cm³/mol. The van der Waals surface area contributed by atoms with Gasteiger partial charge in [-0.2, -0.15) is 0 Å². The van der Waals surface area contributed by atoms with Crippen molar-refractivity contribution < 1.29 is 18.4 Å². The summed E-state index contributed by atoms with van der Waals surface area (Å²) >= 11 is 0. The summed E-state index contributed by atoms with van der Waals surface area (Å²) in [6.45, 7) is 4.61. The third-order valence-corrected chi connectivity index (χ3v) is 4.79. The molecule has 0 unspecified atom stereocenters. The average Bonchev–Trinajstić information content (AvgIpc) is 2.38. The number of hydrogen-bond donors (Lipinski definition) is 2. The van der Waals surface area contributed by atoms with E-state index in [9.17, 15) is 18.5 Å². The molecule has 0 spiro atoms. The summed E-state index contributed by atoms with van der Waals surface area (Å²) < 4.78 is 26.9. The number of non-ortho nitro benzene ring substituents is 1. The molecule has 0 fully saturated rings. The van der Waals surface area contributed by atoms with Gasteiger partial charge in [-0.1, -0.05) is 6.92 Å². The zero-order valence-electron chi connectivity index (χ0n) is 11.6. The van der Waals surface area contributed by atoms with Crippen LogP contribution >= 0.6 is 0 Å². The van der Waals surface area contributed by atoms with Gasteiger partial charge in [-0.05, 0) is 31.4 Å². The van der Waals surface area contributed by atoms with Crippen molar-refractivity contribution in [2.24, 2.45) is 0 Å². The van der Waals surface area contributed by atoms with Crippen LogP contribution in [0, 0.1) is 24.0 Å². The number of rotatable bonds is 6. The van der Waals surface area contributed by atoms with E-state index in [4.69, 9.17) is 5.11 Å². The second-order valence-corrected chi connectivity index (χ2v) is 6.23. The van der Waals surface area contributed by atoms with Gasteiger partial charge in [-0.15, -0.1) is 0 Å². The molecule has 0 bridgehead atoms. The minimum atomic E-state index is -3.91. The third-order valence-electron chi connectivity index (χ3n) is 3.14. The molecule has 2 N–H and O–H groups in total. The van der Waals surface area contributed by atoms with Gasteiger partial charge in [0.1, 0.15) is 0 Å². The number of aliphatic hydroxyl groups is 1. The lowest BCUT2D eigenvalue weighted by atomic mass is 10.1. The summed E-state index contributed by atoms with van der Waals surface area (Å²) in [5, 5.41) is 19.9. The van der Waals surface area contributed by atoms with Crippen molar-refractivity contribution in [3.05, 3.63) is 33.4 Å². The first-order valence-corrected chi connectivity index (χ1v) is 7.60. The van der Waals surface area contributed by atoms with E-state index in [1.54, 1.807) is 20.8 Å². The zero-order valence-corrected chi connectivity index (χ0v) is 12.4. The van der Waals surface area contributed by atoms with E-state index in [-0.39, 0.29) is 17.2 Å². The maximum Gasteiger partial charge on any atom is 0.271 e.